The van der Waals surface area contributed by atoms with E-state index in [0.29, 0.717) is 18.1 Å². The lowest BCUT2D eigenvalue weighted by atomic mass is 9.53. The van der Waals surface area contributed by atoms with Crippen molar-refractivity contribution in [1.82, 2.24) is 9.78 Å². The van der Waals surface area contributed by atoms with Crippen LogP contribution in [0, 0.1) is 11.8 Å². The molecular formula is C20H24N2O2. The first-order valence-corrected chi connectivity index (χ1v) is 8.76. The maximum absolute atomic E-state index is 12.4. The Morgan fingerprint density at radius 2 is 2.17 bits per heavy atom. The third kappa shape index (κ3) is 1.98. The number of methoxy groups -OCH3 is 1. The number of fused-ring (bicyclic) bond motifs is 3. The number of benzene rings is 1. The Hall–Kier alpha value is -2.10. The Morgan fingerprint density at radius 3 is 2.96 bits per heavy atom. The summed E-state index contributed by atoms with van der Waals surface area (Å²) in [6.45, 7) is 2.11. The van der Waals surface area contributed by atoms with Crippen LogP contribution in [0.25, 0.3) is 0 Å². The van der Waals surface area contributed by atoms with Gasteiger partial charge in [-0.25, -0.2) is 0 Å². The third-order valence-electron chi connectivity index (χ3n) is 6.26. The van der Waals surface area contributed by atoms with Crippen molar-refractivity contribution in [3.63, 3.8) is 0 Å². The van der Waals surface area contributed by atoms with Gasteiger partial charge in [0.2, 0.25) is 0 Å². The Balaban J connectivity index is 1.98. The highest BCUT2D eigenvalue weighted by Gasteiger charge is 2.53. The molecule has 4 nitrogen and oxygen atoms in total. The van der Waals surface area contributed by atoms with E-state index in [2.05, 4.69) is 30.2 Å². The number of carbonyl (C=O) groups excluding carboxylic acids is 1. The van der Waals surface area contributed by atoms with Gasteiger partial charge < -0.3 is 4.74 Å². The maximum Gasteiger partial charge on any atom is 0.136 e. The van der Waals surface area contributed by atoms with E-state index in [1.165, 1.54) is 16.8 Å². The number of aromatic nitrogens is 2. The number of hydrogen-bond acceptors (Lipinski definition) is 3. The minimum Gasteiger partial charge on any atom is -0.497 e. The molecule has 4 rings (SSSR count). The van der Waals surface area contributed by atoms with Crippen LogP contribution in [0.5, 0.6) is 5.75 Å². The van der Waals surface area contributed by atoms with Gasteiger partial charge in [0.05, 0.1) is 19.0 Å². The SMILES string of the molecule is COc1cccc(C23CCC(=O)C(C)C2CCc2cnn(C)c23)c1. The molecule has 3 atom stereocenters. The summed E-state index contributed by atoms with van der Waals surface area (Å²) in [5.41, 5.74) is 3.75. The topological polar surface area (TPSA) is 44.1 Å². The number of ketones is 1. The highest BCUT2D eigenvalue weighted by molar-refractivity contribution is 5.83. The minimum absolute atomic E-state index is 0.0907. The van der Waals surface area contributed by atoms with Gasteiger partial charge in [-0.05, 0) is 48.4 Å². The molecule has 0 saturated heterocycles. The smallest absolute Gasteiger partial charge is 0.136 e. The van der Waals surface area contributed by atoms with Gasteiger partial charge in [-0.1, -0.05) is 19.1 Å². The van der Waals surface area contributed by atoms with Crippen molar-refractivity contribution < 1.29 is 9.53 Å². The summed E-state index contributed by atoms with van der Waals surface area (Å²) in [6, 6.07) is 8.39. The lowest BCUT2D eigenvalue weighted by Crippen LogP contribution is -2.50. The average Bonchev–Trinajstić information content (AvgIpc) is 3.00. The number of Topliss-reactive ketones (excluding diaryl/α,β-unsaturated/α-hetero) is 1. The van der Waals surface area contributed by atoms with Gasteiger partial charge in [-0.15, -0.1) is 0 Å². The molecule has 2 aromatic rings. The number of ether oxygens (including phenoxy) is 1. The average molecular weight is 324 g/mol. The highest BCUT2D eigenvalue weighted by Crippen LogP contribution is 2.55. The number of carbonyl (C=O) groups is 1. The van der Waals surface area contributed by atoms with Crippen molar-refractivity contribution in [2.24, 2.45) is 18.9 Å². The van der Waals surface area contributed by atoms with Crippen molar-refractivity contribution >= 4 is 5.78 Å². The van der Waals surface area contributed by atoms with Crippen molar-refractivity contribution in [3.8, 4) is 5.75 Å². The molecule has 1 heterocycles. The fourth-order valence-electron chi connectivity index (χ4n) is 5.12. The largest absolute Gasteiger partial charge is 0.497 e. The van der Waals surface area contributed by atoms with E-state index in [1.54, 1.807) is 7.11 Å². The fourth-order valence-corrected chi connectivity index (χ4v) is 5.12. The van der Waals surface area contributed by atoms with Crippen LogP contribution >= 0.6 is 0 Å². The second kappa shape index (κ2) is 5.47. The summed E-state index contributed by atoms with van der Waals surface area (Å²) in [5, 5.41) is 4.55. The second-order valence-electron chi connectivity index (χ2n) is 7.25. The zero-order valence-electron chi connectivity index (χ0n) is 14.6. The lowest BCUT2D eigenvalue weighted by molar-refractivity contribution is -0.128. The fraction of sp³-hybridized carbons (Fsp3) is 0.500. The molecule has 2 aliphatic carbocycles. The molecule has 24 heavy (non-hydrogen) atoms. The molecule has 3 unspecified atom stereocenters. The van der Waals surface area contributed by atoms with Gasteiger partial charge in [0.1, 0.15) is 11.5 Å². The van der Waals surface area contributed by atoms with E-state index >= 15 is 0 Å². The summed E-state index contributed by atoms with van der Waals surface area (Å²) >= 11 is 0. The van der Waals surface area contributed by atoms with Gasteiger partial charge in [0.25, 0.3) is 0 Å². The molecule has 0 spiro atoms. The predicted molar refractivity (Wildman–Crippen MR) is 92.2 cm³/mol. The lowest BCUT2D eigenvalue weighted by Gasteiger charge is -2.50. The van der Waals surface area contributed by atoms with E-state index in [4.69, 9.17) is 4.74 Å². The van der Waals surface area contributed by atoms with Gasteiger partial charge in [-0.3, -0.25) is 9.48 Å². The van der Waals surface area contributed by atoms with Crippen molar-refractivity contribution in [3.05, 3.63) is 47.3 Å². The normalized spacial score (nSPS) is 29.0. The first-order chi connectivity index (χ1) is 11.6. The van der Waals surface area contributed by atoms with Crippen LogP contribution in [0.3, 0.4) is 0 Å². The van der Waals surface area contributed by atoms with Crippen molar-refractivity contribution in [2.75, 3.05) is 7.11 Å². The maximum atomic E-state index is 12.4. The highest BCUT2D eigenvalue weighted by atomic mass is 16.5. The summed E-state index contributed by atoms with van der Waals surface area (Å²) < 4.78 is 7.51. The van der Waals surface area contributed by atoms with E-state index in [9.17, 15) is 4.79 Å². The zero-order valence-corrected chi connectivity index (χ0v) is 14.6. The first kappa shape index (κ1) is 15.4. The van der Waals surface area contributed by atoms with Crippen LogP contribution < -0.4 is 4.74 Å². The molecule has 1 aromatic carbocycles. The second-order valence-corrected chi connectivity index (χ2v) is 7.25. The van der Waals surface area contributed by atoms with Crippen LogP contribution in [-0.4, -0.2) is 22.7 Å². The molecule has 0 radical (unpaired) electrons. The minimum atomic E-state index is -0.138. The summed E-state index contributed by atoms with van der Waals surface area (Å²) in [7, 11) is 3.74. The van der Waals surface area contributed by atoms with Crippen LogP contribution in [0.1, 0.15) is 43.0 Å². The van der Waals surface area contributed by atoms with Gasteiger partial charge in [0, 0.05) is 24.8 Å². The molecule has 2 aliphatic rings. The standard InChI is InChI=1S/C20H24N2O2/c1-13-17-8-7-14-12-21-22(2)19(14)20(17,10-9-18(13)23)15-5-4-6-16(11-15)24-3/h4-6,11-13,17H,7-10H2,1-3H3. The zero-order chi connectivity index (χ0) is 16.9. The predicted octanol–water partition coefficient (Wildman–Crippen LogP) is 3.28. The number of aryl methyl sites for hydroxylation is 2. The molecular weight excluding hydrogens is 300 g/mol. The van der Waals surface area contributed by atoms with Gasteiger partial charge >= 0.3 is 0 Å². The first-order valence-electron chi connectivity index (χ1n) is 8.76. The summed E-state index contributed by atoms with van der Waals surface area (Å²) in [5.74, 6) is 1.70. The number of nitrogens with zero attached hydrogens (tertiary/aromatic N) is 2. The van der Waals surface area contributed by atoms with E-state index in [1.807, 2.05) is 24.0 Å². The van der Waals surface area contributed by atoms with Gasteiger partial charge in [-0.2, -0.15) is 5.10 Å². The van der Waals surface area contributed by atoms with E-state index in [-0.39, 0.29) is 11.3 Å². The van der Waals surface area contributed by atoms with Crippen molar-refractivity contribution in [1.29, 1.82) is 0 Å². The monoisotopic (exact) mass is 324 g/mol. The van der Waals surface area contributed by atoms with Crippen LogP contribution in [0.2, 0.25) is 0 Å². The number of rotatable bonds is 2. The Labute approximate surface area is 142 Å². The van der Waals surface area contributed by atoms with Crippen LogP contribution in [0.15, 0.2) is 30.5 Å². The molecule has 4 heteroatoms. The molecule has 1 saturated carbocycles. The molecule has 1 fully saturated rings. The number of hydrogen-bond donors (Lipinski definition) is 0. The molecule has 126 valence electrons. The Bertz CT molecular complexity index is 795. The van der Waals surface area contributed by atoms with Crippen LogP contribution in [0.4, 0.5) is 0 Å². The Kier molecular flexibility index (Phi) is 3.52. The van der Waals surface area contributed by atoms with Crippen LogP contribution in [-0.2, 0) is 23.7 Å². The third-order valence-corrected chi connectivity index (χ3v) is 6.26. The molecule has 0 amide bonds. The van der Waals surface area contributed by atoms with E-state index in [0.717, 1.165) is 25.0 Å². The molecule has 0 N–H and O–H groups in total. The Morgan fingerprint density at radius 1 is 1.33 bits per heavy atom. The molecule has 0 bridgehead atoms. The summed E-state index contributed by atoms with van der Waals surface area (Å²) in [4.78, 5) is 12.4. The van der Waals surface area contributed by atoms with Crippen molar-refractivity contribution in [2.45, 2.75) is 38.0 Å². The molecule has 1 aromatic heterocycles. The van der Waals surface area contributed by atoms with Gasteiger partial charge in [0.15, 0.2) is 0 Å². The quantitative estimate of drug-likeness (QED) is 0.851. The summed E-state index contributed by atoms with van der Waals surface area (Å²) in [6.07, 6.45) is 5.56. The molecule has 0 aliphatic heterocycles. The van der Waals surface area contributed by atoms with E-state index < -0.39 is 0 Å².